The van der Waals surface area contributed by atoms with Crippen molar-refractivity contribution in [3.63, 3.8) is 0 Å². The van der Waals surface area contributed by atoms with Crippen LogP contribution in [0, 0.1) is 0 Å². The first kappa shape index (κ1) is 25.0. The molecule has 8 nitrogen and oxygen atoms in total. The Hall–Kier alpha value is -3.08. The third-order valence-corrected chi connectivity index (χ3v) is 7.85. The molecule has 0 aliphatic carbocycles. The molecule has 1 saturated heterocycles. The van der Waals surface area contributed by atoms with E-state index in [0.717, 1.165) is 15.4 Å². The van der Waals surface area contributed by atoms with Crippen LogP contribution in [0.15, 0.2) is 84.9 Å². The zero-order chi connectivity index (χ0) is 24.8. The van der Waals surface area contributed by atoms with Gasteiger partial charge in [-0.05, 0) is 22.8 Å². The van der Waals surface area contributed by atoms with E-state index in [-0.39, 0.29) is 32.1 Å². The van der Waals surface area contributed by atoms with Gasteiger partial charge in [-0.25, -0.2) is 0 Å². The Balaban J connectivity index is 1.56. The van der Waals surface area contributed by atoms with Gasteiger partial charge in [0.25, 0.3) is 16.1 Å². The van der Waals surface area contributed by atoms with E-state index in [1.54, 1.807) is 36.4 Å². The lowest BCUT2D eigenvalue weighted by Gasteiger charge is -2.27. The Morgan fingerprint density at radius 3 is 1.91 bits per heavy atom. The van der Waals surface area contributed by atoms with E-state index in [9.17, 15) is 23.4 Å². The maximum Gasteiger partial charge on any atom is 0.282 e. The molecule has 1 aliphatic heterocycles. The average molecular weight is 496 g/mol. The number of hydrogen-bond acceptors (Lipinski definition) is 5. The number of aliphatic hydroxyl groups excluding tert-OH is 2. The summed E-state index contributed by atoms with van der Waals surface area (Å²) in [5.41, 5.74) is 2.57. The predicted octanol–water partition coefficient (Wildman–Crippen LogP) is 1.90. The van der Waals surface area contributed by atoms with Crippen molar-refractivity contribution in [3.8, 4) is 0 Å². The molecule has 3 aromatic carbocycles. The van der Waals surface area contributed by atoms with Crippen molar-refractivity contribution in [3.05, 3.63) is 107 Å². The number of nitrogens with zero attached hydrogens (tertiary/aromatic N) is 2. The molecule has 1 aliphatic rings. The molecule has 1 heterocycles. The second kappa shape index (κ2) is 11.1. The van der Waals surface area contributed by atoms with E-state index in [1.165, 1.54) is 4.31 Å². The molecule has 1 amide bonds. The molecule has 0 bridgehead atoms. The van der Waals surface area contributed by atoms with Gasteiger partial charge in [0.05, 0.1) is 12.2 Å². The Morgan fingerprint density at radius 2 is 1.29 bits per heavy atom. The summed E-state index contributed by atoms with van der Waals surface area (Å²) in [6.45, 7) is -0.233. The number of nitrogens with one attached hydrogen (secondary N) is 1. The molecule has 3 aromatic rings. The van der Waals surface area contributed by atoms with Gasteiger partial charge in [-0.1, -0.05) is 78.9 Å². The highest BCUT2D eigenvalue weighted by atomic mass is 32.2. The van der Waals surface area contributed by atoms with Crippen LogP contribution in [-0.2, 0) is 29.8 Å². The van der Waals surface area contributed by atoms with Gasteiger partial charge in [-0.15, -0.1) is 0 Å². The zero-order valence-corrected chi connectivity index (χ0v) is 20.0. The highest BCUT2D eigenvalue weighted by Crippen LogP contribution is 2.23. The maximum absolute atomic E-state index is 13.6. The Labute approximate surface area is 205 Å². The number of rotatable bonds is 7. The second-order valence-corrected chi connectivity index (χ2v) is 10.5. The minimum Gasteiger partial charge on any atom is -0.389 e. The summed E-state index contributed by atoms with van der Waals surface area (Å²) in [5, 5.41) is 23.7. The Morgan fingerprint density at radius 1 is 0.771 bits per heavy atom. The molecule has 0 saturated carbocycles. The van der Waals surface area contributed by atoms with Crippen LogP contribution in [0.4, 0.5) is 0 Å². The molecule has 0 radical (unpaired) electrons. The molecular weight excluding hydrogens is 466 g/mol. The fourth-order valence-corrected chi connectivity index (χ4v) is 5.66. The van der Waals surface area contributed by atoms with Crippen molar-refractivity contribution in [1.29, 1.82) is 0 Å². The number of aliphatic hydroxyl groups is 2. The molecule has 9 heteroatoms. The number of benzene rings is 3. The van der Waals surface area contributed by atoms with Crippen molar-refractivity contribution >= 4 is 16.1 Å². The quantitative estimate of drug-likeness (QED) is 0.464. The fraction of sp³-hybridized carbons (Fsp3) is 0.269. The molecule has 4 rings (SSSR count). The number of hydrogen-bond donors (Lipinski definition) is 3. The van der Waals surface area contributed by atoms with Crippen LogP contribution in [-0.4, -0.2) is 58.4 Å². The van der Waals surface area contributed by atoms with Crippen LogP contribution >= 0.6 is 0 Å². The fourth-order valence-electron chi connectivity index (χ4n) is 4.03. The lowest BCUT2D eigenvalue weighted by atomic mass is 10.1. The summed E-state index contributed by atoms with van der Waals surface area (Å²) in [7, 11) is -4.05. The first-order chi connectivity index (χ1) is 16.8. The summed E-state index contributed by atoms with van der Waals surface area (Å²) in [5.74, 6) is -0.321. The largest absolute Gasteiger partial charge is 0.389 e. The number of amides is 1. The summed E-state index contributed by atoms with van der Waals surface area (Å²) in [6, 6.07) is 25.4. The second-order valence-electron chi connectivity index (χ2n) is 8.54. The summed E-state index contributed by atoms with van der Waals surface area (Å²) < 4.78 is 29.4. The van der Waals surface area contributed by atoms with E-state index in [1.807, 2.05) is 48.5 Å². The molecule has 35 heavy (non-hydrogen) atoms. The summed E-state index contributed by atoms with van der Waals surface area (Å²) >= 11 is 0. The lowest BCUT2D eigenvalue weighted by molar-refractivity contribution is 0.00887. The Kier molecular flexibility index (Phi) is 7.94. The van der Waals surface area contributed by atoms with Crippen LogP contribution in [0.25, 0.3) is 0 Å². The van der Waals surface area contributed by atoms with E-state index in [2.05, 4.69) is 5.32 Å². The molecule has 184 valence electrons. The van der Waals surface area contributed by atoms with E-state index < -0.39 is 22.4 Å². The minimum atomic E-state index is -4.05. The predicted molar refractivity (Wildman–Crippen MR) is 132 cm³/mol. The van der Waals surface area contributed by atoms with Gasteiger partial charge < -0.3 is 15.5 Å². The monoisotopic (exact) mass is 495 g/mol. The lowest BCUT2D eigenvalue weighted by Crippen LogP contribution is -2.43. The van der Waals surface area contributed by atoms with Crippen molar-refractivity contribution in [2.75, 3.05) is 13.1 Å². The SMILES string of the molecule is O=C(NCc1ccccc1)c1ccccc1CN1C[C@H](O)[C@@H](O)CN(Cc2ccccc2)S1(=O)=O. The highest BCUT2D eigenvalue weighted by Gasteiger charge is 2.39. The van der Waals surface area contributed by atoms with Crippen molar-refractivity contribution in [2.24, 2.45) is 0 Å². The van der Waals surface area contributed by atoms with Crippen LogP contribution in [0.3, 0.4) is 0 Å². The molecule has 1 fully saturated rings. The van der Waals surface area contributed by atoms with Crippen LogP contribution in [0.2, 0.25) is 0 Å². The standard InChI is InChI=1S/C26H29N3O5S/c30-24-18-28(16-21-11-5-2-6-12-21)35(33,34)29(19-25(24)31)17-22-13-7-8-14-23(22)26(32)27-15-20-9-3-1-4-10-20/h1-14,24-25,30-31H,15-19H2,(H,27,32)/t24-,25-/m0/s1. The van der Waals surface area contributed by atoms with Crippen molar-refractivity contribution in [2.45, 2.75) is 31.8 Å². The third-order valence-electron chi connectivity index (χ3n) is 5.98. The Bertz CT molecular complexity index is 1240. The first-order valence-electron chi connectivity index (χ1n) is 11.4. The third kappa shape index (κ3) is 6.14. The molecule has 2 atom stereocenters. The molecule has 0 spiro atoms. The molecular formula is C26H29N3O5S. The molecule has 3 N–H and O–H groups in total. The van der Waals surface area contributed by atoms with Crippen molar-refractivity contribution < 1.29 is 23.4 Å². The molecule has 0 unspecified atom stereocenters. The highest BCUT2D eigenvalue weighted by molar-refractivity contribution is 7.86. The zero-order valence-electron chi connectivity index (χ0n) is 19.2. The van der Waals surface area contributed by atoms with Gasteiger partial charge in [0.15, 0.2) is 0 Å². The van der Waals surface area contributed by atoms with Crippen LogP contribution in [0.5, 0.6) is 0 Å². The normalized spacial score (nSPS) is 20.7. The molecule has 0 aromatic heterocycles. The maximum atomic E-state index is 13.6. The first-order valence-corrected chi connectivity index (χ1v) is 12.8. The summed E-state index contributed by atoms with van der Waals surface area (Å²) in [6.07, 6.45) is -2.49. The summed E-state index contributed by atoms with van der Waals surface area (Å²) in [4.78, 5) is 13.0. The average Bonchev–Trinajstić information content (AvgIpc) is 2.94. The van der Waals surface area contributed by atoms with E-state index in [0.29, 0.717) is 17.7 Å². The minimum absolute atomic E-state index is 0.0582. The van der Waals surface area contributed by atoms with Gasteiger partial charge in [0.2, 0.25) is 0 Å². The smallest absolute Gasteiger partial charge is 0.282 e. The van der Waals surface area contributed by atoms with Crippen LogP contribution < -0.4 is 5.32 Å². The van der Waals surface area contributed by atoms with Gasteiger partial charge in [-0.2, -0.15) is 17.0 Å². The van der Waals surface area contributed by atoms with E-state index >= 15 is 0 Å². The van der Waals surface area contributed by atoms with Gasteiger partial charge >= 0.3 is 0 Å². The van der Waals surface area contributed by atoms with Gasteiger partial charge in [0, 0.05) is 38.3 Å². The van der Waals surface area contributed by atoms with E-state index in [4.69, 9.17) is 0 Å². The number of β-amino-alcohol motifs (C(OH)–C–C–N with tert-alkyl or cyclic N) is 2. The topological polar surface area (TPSA) is 110 Å². The van der Waals surface area contributed by atoms with Gasteiger partial charge in [-0.3, -0.25) is 4.79 Å². The number of carbonyl (C=O) groups is 1. The van der Waals surface area contributed by atoms with Crippen molar-refractivity contribution in [1.82, 2.24) is 13.9 Å². The van der Waals surface area contributed by atoms with Gasteiger partial charge in [0.1, 0.15) is 0 Å². The van der Waals surface area contributed by atoms with Crippen LogP contribution in [0.1, 0.15) is 27.0 Å². The number of carbonyl (C=O) groups excluding carboxylic acids is 1.